The Kier molecular flexibility index (Phi) is 5.77. The van der Waals surface area contributed by atoms with Crippen LogP contribution in [-0.2, 0) is 9.53 Å². The van der Waals surface area contributed by atoms with Crippen LogP contribution >= 0.6 is 0 Å². The van der Waals surface area contributed by atoms with Gasteiger partial charge in [-0.1, -0.05) is 19.9 Å². The SMILES string of the molecule is COC(=O)C1=C(C)N(CCC(C)C)C(=O)N[C@H]1c1c(F)cccc1F. The summed E-state index contributed by atoms with van der Waals surface area (Å²) in [6.07, 6.45) is 0.720. The molecule has 0 fully saturated rings. The van der Waals surface area contributed by atoms with E-state index in [1.807, 2.05) is 13.8 Å². The van der Waals surface area contributed by atoms with Crippen molar-refractivity contribution >= 4 is 12.0 Å². The Morgan fingerprint density at radius 2 is 1.92 bits per heavy atom. The molecule has 2 rings (SSSR count). The molecule has 0 saturated heterocycles. The fourth-order valence-corrected chi connectivity index (χ4v) is 2.82. The van der Waals surface area contributed by atoms with Crippen molar-refractivity contribution in [2.24, 2.45) is 5.92 Å². The summed E-state index contributed by atoms with van der Waals surface area (Å²) in [4.78, 5) is 26.1. The van der Waals surface area contributed by atoms with Crippen molar-refractivity contribution in [2.75, 3.05) is 13.7 Å². The van der Waals surface area contributed by atoms with E-state index in [1.165, 1.54) is 18.1 Å². The highest BCUT2D eigenvalue weighted by Gasteiger charge is 2.38. The van der Waals surface area contributed by atoms with Gasteiger partial charge in [0, 0.05) is 12.2 Å². The van der Waals surface area contributed by atoms with Crippen LogP contribution in [0.4, 0.5) is 13.6 Å². The lowest BCUT2D eigenvalue weighted by molar-refractivity contribution is -0.136. The van der Waals surface area contributed by atoms with Gasteiger partial charge < -0.3 is 10.1 Å². The summed E-state index contributed by atoms with van der Waals surface area (Å²) in [5.74, 6) is -2.06. The average Bonchev–Trinajstić information content (AvgIpc) is 2.53. The lowest BCUT2D eigenvalue weighted by Crippen LogP contribution is -2.48. The zero-order chi connectivity index (χ0) is 18.7. The van der Waals surface area contributed by atoms with Gasteiger partial charge in [-0.05, 0) is 31.4 Å². The second-order valence-corrected chi connectivity index (χ2v) is 6.34. The topological polar surface area (TPSA) is 58.6 Å². The van der Waals surface area contributed by atoms with E-state index in [0.29, 0.717) is 18.2 Å². The maximum Gasteiger partial charge on any atom is 0.337 e. The second-order valence-electron chi connectivity index (χ2n) is 6.34. The van der Waals surface area contributed by atoms with Crippen LogP contribution in [0.3, 0.4) is 0 Å². The van der Waals surface area contributed by atoms with E-state index in [4.69, 9.17) is 4.74 Å². The van der Waals surface area contributed by atoms with E-state index in [1.54, 1.807) is 6.92 Å². The number of esters is 1. The molecule has 1 atom stereocenters. The zero-order valence-electron chi connectivity index (χ0n) is 14.7. The van der Waals surface area contributed by atoms with Gasteiger partial charge >= 0.3 is 12.0 Å². The van der Waals surface area contributed by atoms with Crippen LogP contribution in [0, 0.1) is 17.6 Å². The van der Waals surface area contributed by atoms with Crippen LogP contribution in [0.5, 0.6) is 0 Å². The highest BCUT2D eigenvalue weighted by molar-refractivity contribution is 5.95. The van der Waals surface area contributed by atoms with Crippen LogP contribution in [0.15, 0.2) is 29.5 Å². The number of hydrogen-bond acceptors (Lipinski definition) is 3. The molecule has 0 saturated carbocycles. The second kappa shape index (κ2) is 7.63. The molecule has 5 nitrogen and oxygen atoms in total. The summed E-state index contributed by atoms with van der Waals surface area (Å²) in [5, 5.41) is 2.53. The Morgan fingerprint density at radius 3 is 2.44 bits per heavy atom. The lowest BCUT2D eigenvalue weighted by Gasteiger charge is -2.35. The molecule has 2 amide bonds. The number of allylic oxidation sites excluding steroid dienone is 1. The predicted molar refractivity (Wildman–Crippen MR) is 88.5 cm³/mol. The molecule has 1 aliphatic heterocycles. The molecule has 136 valence electrons. The highest BCUT2D eigenvalue weighted by atomic mass is 19.1. The molecule has 0 unspecified atom stereocenters. The summed E-state index contributed by atoms with van der Waals surface area (Å²) in [6.45, 7) is 6.00. The third-order valence-corrected chi connectivity index (χ3v) is 4.22. The van der Waals surface area contributed by atoms with E-state index < -0.39 is 29.7 Å². The molecular weight excluding hydrogens is 330 g/mol. The van der Waals surface area contributed by atoms with Gasteiger partial charge in [-0.25, -0.2) is 18.4 Å². The van der Waals surface area contributed by atoms with Crippen LogP contribution in [0.2, 0.25) is 0 Å². The minimum Gasteiger partial charge on any atom is -0.466 e. The monoisotopic (exact) mass is 352 g/mol. The van der Waals surface area contributed by atoms with E-state index >= 15 is 0 Å². The van der Waals surface area contributed by atoms with Gasteiger partial charge in [-0.15, -0.1) is 0 Å². The van der Waals surface area contributed by atoms with Crippen molar-refractivity contribution in [3.8, 4) is 0 Å². The molecule has 1 aliphatic rings. The van der Waals surface area contributed by atoms with Crippen molar-refractivity contribution in [2.45, 2.75) is 33.2 Å². The van der Waals surface area contributed by atoms with Crippen molar-refractivity contribution in [1.29, 1.82) is 0 Å². The van der Waals surface area contributed by atoms with Crippen molar-refractivity contribution in [1.82, 2.24) is 10.2 Å². The quantitative estimate of drug-likeness (QED) is 0.825. The van der Waals surface area contributed by atoms with Gasteiger partial charge in [0.2, 0.25) is 0 Å². The number of carbonyl (C=O) groups excluding carboxylic acids is 2. The maximum atomic E-state index is 14.2. The Hall–Kier alpha value is -2.44. The molecule has 0 aliphatic carbocycles. The summed E-state index contributed by atoms with van der Waals surface area (Å²) >= 11 is 0. The highest BCUT2D eigenvalue weighted by Crippen LogP contribution is 2.34. The molecule has 1 aromatic carbocycles. The average molecular weight is 352 g/mol. The predicted octanol–water partition coefficient (Wildman–Crippen LogP) is 3.52. The fraction of sp³-hybridized carbons (Fsp3) is 0.444. The smallest absolute Gasteiger partial charge is 0.337 e. The van der Waals surface area contributed by atoms with Gasteiger partial charge in [0.15, 0.2) is 0 Å². The molecule has 0 aromatic heterocycles. The lowest BCUT2D eigenvalue weighted by atomic mass is 9.93. The van der Waals surface area contributed by atoms with Gasteiger partial charge in [0.25, 0.3) is 0 Å². The standard InChI is InChI=1S/C18H22F2N2O3/c1-10(2)8-9-22-11(3)14(17(23)25-4)16(21-18(22)24)15-12(19)6-5-7-13(15)20/h5-7,10,16H,8-9H2,1-4H3,(H,21,24)/t16-/m1/s1. The van der Waals surface area contributed by atoms with Gasteiger partial charge in [-0.2, -0.15) is 0 Å². The number of rotatable bonds is 5. The molecule has 1 aromatic rings. The van der Waals surface area contributed by atoms with Crippen LogP contribution in [-0.4, -0.2) is 30.6 Å². The molecule has 1 N–H and O–H groups in total. The molecule has 1 heterocycles. The van der Waals surface area contributed by atoms with E-state index in [9.17, 15) is 18.4 Å². The summed E-state index contributed by atoms with van der Waals surface area (Å²) in [6, 6.07) is 1.65. The first-order valence-corrected chi connectivity index (χ1v) is 8.09. The Morgan fingerprint density at radius 1 is 1.32 bits per heavy atom. The van der Waals surface area contributed by atoms with Crippen molar-refractivity contribution in [3.63, 3.8) is 0 Å². The first-order chi connectivity index (χ1) is 11.8. The number of nitrogens with zero attached hydrogens (tertiary/aromatic N) is 1. The third-order valence-electron chi connectivity index (χ3n) is 4.22. The fourth-order valence-electron chi connectivity index (χ4n) is 2.82. The first kappa shape index (κ1) is 18.9. The largest absolute Gasteiger partial charge is 0.466 e. The number of hydrogen-bond donors (Lipinski definition) is 1. The number of nitrogens with one attached hydrogen (secondary N) is 1. The van der Waals surface area contributed by atoms with E-state index in [2.05, 4.69) is 5.32 Å². The zero-order valence-corrected chi connectivity index (χ0v) is 14.7. The normalized spacial score (nSPS) is 17.8. The van der Waals surface area contributed by atoms with E-state index in [0.717, 1.165) is 18.6 Å². The number of carbonyl (C=O) groups is 2. The Balaban J connectivity index is 2.54. The van der Waals surface area contributed by atoms with Gasteiger partial charge in [0.05, 0.1) is 24.3 Å². The number of methoxy groups -OCH3 is 1. The Bertz CT molecular complexity index is 696. The Labute approximate surface area is 145 Å². The molecule has 0 bridgehead atoms. The number of benzene rings is 1. The summed E-state index contributed by atoms with van der Waals surface area (Å²) in [5.41, 5.74) is -0.0159. The van der Waals surface area contributed by atoms with E-state index in [-0.39, 0.29) is 11.1 Å². The minimum atomic E-state index is -1.24. The van der Waals surface area contributed by atoms with Crippen molar-refractivity contribution < 1.29 is 23.1 Å². The first-order valence-electron chi connectivity index (χ1n) is 8.09. The summed E-state index contributed by atoms with van der Waals surface area (Å²) in [7, 11) is 1.19. The van der Waals surface area contributed by atoms with Crippen LogP contribution in [0.25, 0.3) is 0 Å². The number of amides is 2. The molecule has 0 radical (unpaired) electrons. The summed E-state index contributed by atoms with van der Waals surface area (Å²) < 4.78 is 33.2. The molecular formula is C18H22F2N2O3. The molecule has 25 heavy (non-hydrogen) atoms. The molecule has 7 heteroatoms. The van der Waals surface area contributed by atoms with Crippen molar-refractivity contribution in [3.05, 3.63) is 46.7 Å². The molecule has 0 spiro atoms. The minimum absolute atomic E-state index is 0.0230. The van der Waals surface area contributed by atoms with Crippen LogP contribution in [0.1, 0.15) is 38.8 Å². The van der Waals surface area contributed by atoms with Gasteiger partial charge in [-0.3, -0.25) is 4.90 Å². The van der Waals surface area contributed by atoms with Crippen LogP contribution < -0.4 is 5.32 Å². The number of urea groups is 1. The van der Waals surface area contributed by atoms with Gasteiger partial charge in [0.1, 0.15) is 11.6 Å². The maximum absolute atomic E-state index is 14.2. The number of ether oxygens (including phenoxy) is 1. The number of halogens is 2. The third kappa shape index (κ3) is 3.81.